The summed E-state index contributed by atoms with van der Waals surface area (Å²) in [5, 5.41) is 6.23. The number of aromatic nitrogens is 2. The average Bonchev–Trinajstić information content (AvgIpc) is 3.12. The Morgan fingerprint density at radius 1 is 1.35 bits per heavy atom. The largest absolute Gasteiger partial charge is 0.461 e. The zero-order chi connectivity index (χ0) is 17.9. The number of hydrogen-bond donors (Lipinski definition) is 2. The zero-order valence-corrected chi connectivity index (χ0v) is 15.1. The van der Waals surface area contributed by atoms with Gasteiger partial charge in [0.1, 0.15) is 5.82 Å². The molecule has 1 atom stereocenters. The summed E-state index contributed by atoms with van der Waals surface area (Å²) in [6.07, 6.45) is 5.35. The Hall–Kier alpha value is -2.41. The fourth-order valence-corrected chi connectivity index (χ4v) is 3.89. The fraction of sp³-hybridized carbons (Fsp3) is 0.526. The number of furan rings is 1. The third-order valence-corrected chi connectivity index (χ3v) is 5.24. The van der Waals surface area contributed by atoms with E-state index in [-0.39, 0.29) is 11.8 Å². The highest BCUT2D eigenvalue weighted by atomic mass is 16.3. The second-order valence-corrected chi connectivity index (χ2v) is 6.92. The van der Waals surface area contributed by atoms with Crippen molar-refractivity contribution in [1.29, 1.82) is 0 Å². The SMILES string of the molecule is CNC(=O)[C@@H]1CCCN(c2nc(-c3ccco3)nc3c2CCNCC3)C1. The first-order valence-electron chi connectivity index (χ1n) is 9.37. The van der Waals surface area contributed by atoms with Crippen molar-refractivity contribution in [1.82, 2.24) is 20.6 Å². The van der Waals surface area contributed by atoms with E-state index in [0.717, 1.165) is 56.8 Å². The number of carbonyl (C=O) groups excluding carboxylic acids is 1. The lowest BCUT2D eigenvalue weighted by atomic mass is 9.96. The minimum atomic E-state index is 0.00957. The van der Waals surface area contributed by atoms with Crippen LogP contribution in [0.4, 0.5) is 5.82 Å². The third kappa shape index (κ3) is 3.31. The lowest BCUT2D eigenvalue weighted by molar-refractivity contribution is -0.124. The highest BCUT2D eigenvalue weighted by Gasteiger charge is 2.29. The van der Waals surface area contributed by atoms with Crippen molar-refractivity contribution in [2.24, 2.45) is 5.92 Å². The van der Waals surface area contributed by atoms with Gasteiger partial charge in [-0.1, -0.05) is 0 Å². The van der Waals surface area contributed by atoms with Crippen LogP contribution < -0.4 is 15.5 Å². The van der Waals surface area contributed by atoms with Crippen LogP contribution >= 0.6 is 0 Å². The van der Waals surface area contributed by atoms with Gasteiger partial charge in [0.15, 0.2) is 11.6 Å². The quantitative estimate of drug-likeness (QED) is 0.866. The molecule has 4 rings (SSSR count). The van der Waals surface area contributed by atoms with Crippen LogP contribution in [-0.4, -0.2) is 49.1 Å². The summed E-state index contributed by atoms with van der Waals surface area (Å²) in [7, 11) is 1.71. The topological polar surface area (TPSA) is 83.3 Å². The van der Waals surface area contributed by atoms with Gasteiger partial charge in [0.05, 0.1) is 17.9 Å². The molecule has 0 aliphatic carbocycles. The van der Waals surface area contributed by atoms with Gasteiger partial charge in [-0.15, -0.1) is 0 Å². The Labute approximate surface area is 153 Å². The zero-order valence-electron chi connectivity index (χ0n) is 15.1. The normalized spacial score (nSPS) is 20.3. The second-order valence-electron chi connectivity index (χ2n) is 6.92. The van der Waals surface area contributed by atoms with E-state index in [4.69, 9.17) is 14.4 Å². The van der Waals surface area contributed by atoms with Gasteiger partial charge in [-0.05, 0) is 37.9 Å². The third-order valence-electron chi connectivity index (χ3n) is 5.24. The molecule has 1 fully saturated rings. The standard InChI is InChI=1S/C19H25N5O2/c1-20-19(25)13-4-2-10-24(12-13)18-14-6-8-21-9-7-15(14)22-17(23-18)16-5-3-11-26-16/h3,5,11,13,21H,2,4,6-10,12H2,1H3,(H,20,25)/t13-/m1/s1. The van der Waals surface area contributed by atoms with Crippen LogP contribution in [0.25, 0.3) is 11.6 Å². The van der Waals surface area contributed by atoms with Gasteiger partial charge in [-0.25, -0.2) is 9.97 Å². The Bertz CT molecular complexity index is 774. The Kier molecular flexibility index (Phi) is 4.88. The van der Waals surface area contributed by atoms with E-state index in [1.807, 2.05) is 12.1 Å². The van der Waals surface area contributed by atoms with Crippen molar-refractivity contribution in [3.8, 4) is 11.6 Å². The number of carbonyl (C=O) groups is 1. The van der Waals surface area contributed by atoms with Gasteiger partial charge >= 0.3 is 0 Å². The summed E-state index contributed by atoms with van der Waals surface area (Å²) < 4.78 is 5.54. The van der Waals surface area contributed by atoms with Crippen molar-refractivity contribution < 1.29 is 9.21 Å². The minimum absolute atomic E-state index is 0.00957. The maximum atomic E-state index is 12.1. The molecule has 2 aliphatic rings. The Morgan fingerprint density at radius 3 is 3.04 bits per heavy atom. The van der Waals surface area contributed by atoms with Crippen LogP contribution in [0, 0.1) is 5.92 Å². The van der Waals surface area contributed by atoms with Crippen molar-refractivity contribution in [3.05, 3.63) is 29.7 Å². The Morgan fingerprint density at radius 2 is 2.23 bits per heavy atom. The van der Waals surface area contributed by atoms with E-state index in [1.165, 1.54) is 5.56 Å². The molecule has 2 aromatic heterocycles. The molecule has 1 amide bonds. The molecule has 7 heteroatoms. The van der Waals surface area contributed by atoms with Gasteiger partial charge in [0.2, 0.25) is 5.91 Å². The van der Waals surface area contributed by atoms with E-state index < -0.39 is 0 Å². The van der Waals surface area contributed by atoms with E-state index in [9.17, 15) is 4.79 Å². The number of anilines is 1. The molecule has 2 aromatic rings. The molecule has 0 unspecified atom stereocenters. The summed E-state index contributed by atoms with van der Waals surface area (Å²) in [4.78, 5) is 24.1. The van der Waals surface area contributed by atoms with Crippen LogP contribution in [0.5, 0.6) is 0 Å². The molecule has 2 N–H and O–H groups in total. The van der Waals surface area contributed by atoms with Crippen molar-refractivity contribution in [2.45, 2.75) is 25.7 Å². The molecule has 0 saturated carbocycles. The molecule has 0 spiro atoms. The second kappa shape index (κ2) is 7.45. The predicted octanol–water partition coefficient (Wildman–Crippen LogP) is 1.39. The molecule has 4 heterocycles. The number of amides is 1. The van der Waals surface area contributed by atoms with Gasteiger partial charge in [-0.3, -0.25) is 4.79 Å². The molecule has 2 aliphatic heterocycles. The van der Waals surface area contributed by atoms with Crippen molar-refractivity contribution in [3.63, 3.8) is 0 Å². The van der Waals surface area contributed by atoms with Crippen LogP contribution in [0.15, 0.2) is 22.8 Å². The highest BCUT2D eigenvalue weighted by molar-refractivity contribution is 5.79. The van der Waals surface area contributed by atoms with Crippen LogP contribution in [0.1, 0.15) is 24.1 Å². The van der Waals surface area contributed by atoms with E-state index in [1.54, 1.807) is 13.3 Å². The molecule has 1 saturated heterocycles. The van der Waals surface area contributed by atoms with Gasteiger partial charge < -0.3 is 20.0 Å². The molecule has 0 aromatic carbocycles. The van der Waals surface area contributed by atoms with Crippen molar-refractivity contribution >= 4 is 11.7 Å². The summed E-state index contributed by atoms with van der Waals surface area (Å²) in [6, 6.07) is 3.75. The summed E-state index contributed by atoms with van der Waals surface area (Å²) in [5.74, 6) is 2.41. The summed E-state index contributed by atoms with van der Waals surface area (Å²) in [5.41, 5.74) is 2.30. The molecule has 0 bridgehead atoms. The number of fused-ring (bicyclic) bond motifs is 1. The minimum Gasteiger partial charge on any atom is -0.461 e. The van der Waals surface area contributed by atoms with Gasteiger partial charge in [0, 0.05) is 38.7 Å². The van der Waals surface area contributed by atoms with Crippen molar-refractivity contribution in [2.75, 3.05) is 38.1 Å². The van der Waals surface area contributed by atoms with E-state index in [0.29, 0.717) is 18.1 Å². The van der Waals surface area contributed by atoms with Gasteiger partial charge in [0.25, 0.3) is 0 Å². The average molecular weight is 355 g/mol. The molecular weight excluding hydrogens is 330 g/mol. The smallest absolute Gasteiger partial charge is 0.224 e. The molecule has 7 nitrogen and oxygen atoms in total. The first-order chi connectivity index (χ1) is 12.8. The lowest BCUT2D eigenvalue weighted by Crippen LogP contribution is -2.43. The first kappa shape index (κ1) is 17.0. The maximum Gasteiger partial charge on any atom is 0.224 e. The first-order valence-corrected chi connectivity index (χ1v) is 9.37. The number of nitrogens with zero attached hydrogens (tertiary/aromatic N) is 3. The highest BCUT2D eigenvalue weighted by Crippen LogP contribution is 2.30. The molecule has 138 valence electrons. The molecule has 0 radical (unpaired) electrons. The number of piperidine rings is 1. The number of nitrogens with one attached hydrogen (secondary N) is 2. The maximum absolute atomic E-state index is 12.1. The fourth-order valence-electron chi connectivity index (χ4n) is 3.89. The monoisotopic (exact) mass is 355 g/mol. The van der Waals surface area contributed by atoms with Crippen LogP contribution in [0.3, 0.4) is 0 Å². The number of hydrogen-bond acceptors (Lipinski definition) is 6. The van der Waals surface area contributed by atoms with E-state index >= 15 is 0 Å². The predicted molar refractivity (Wildman–Crippen MR) is 99.0 cm³/mol. The summed E-state index contributed by atoms with van der Waals surface area (Å²) >= 11 is 0. The van der Waals surface area contributed by atoms with E-state index in [2.05, 4.69) is 15.5 Å². The molecular formula is C19H25N5O2. The Balaban J connectivity index is 1.73. The number of rotatable bonds is 3. The molecule has 26 heavy (non-hydrogen) atoms. The van der Waals surface area contributed by atoms with Gasteiger partial charge in [-0.2, -0.15) is 0 Å². The van der Waals surface area contributed by atoms with Crippen LogP contribution in [-0.2, 0) is 17.6 Å². The summed E-state index contributed by atoms with van der Waals surface area (Å²) in [6.45, 7) is 3.47. The lowest BCUT2D eigenvalue weighted by Gasteiger charge is -2.34. The van der Waals surface area contributed by atoms with Crippen LogP contribution in [0.2, 0.25) is 0 Å².